The van der Waals surface area contributed by atoms with Crippen LogP contribution in [0, 0.1) is 5.92 Å². The normalized spacial score (nSPS) is 18.2. The summed E-state index contributed by atoms with van der Waals surface area (Å²) in [4.78, 5) is 18.3. The van der Waals surface area contributed by atoms with Gasteiger partial charge in [-0.3, -0.25) is 4.79 Å². The number of amides is 1. The molecule has 1 saturated heterocycles. The smallest absolute Gasteiger partial charge is 0.252 e. The molecule has 0 spiro atoms. The van der Waals surface area contributed by atoms with Gasteiger partial charge < -0.3 is 9.30 Å². The van der Waals surface area contributed by atoms with Crippen molar-refractivity contribution in [2.24, 2.45) is 10.9 Å². The molecule has 1 unspecified atom stereocenters. The number of carbonyl (C=O) groups excluding carboxylic acids is 1. The minimum atomic E-state index is -3.67. The highest BCUT2D eigenvalue weighted by Crippen LogP contribution is 2.31. The summed E-state index contributed by atoms with van der Waals surface area (Å²) in [6.45, 7) is 1.24. The number of fused-ring (bicyclic) bond motifs is 1. The van der Waals surface area contributed by atoms with Gasteiger partial charge in [-0.25, -0.2) is 8.42 Å². The third-order valence-corrected chi connectivity index (χ3v) is 10.7. The Morgan fingerprint density at radius 1 is 1.30 bits per heavy atom. The van der Waals surface area contributed by atoms with Gasteiger partial charge in [-0.15, -0.1) is 11.3 Å². The van der Waals surface area contributed by atoms with Crippen LogP contribution >= 0.6 is 46.0 Å². The molecule has 33 heavy (non-hydrogen) atoms. The fraction of sp³-hybridized carbons (Fsp3) is 0.429. The van der Waals surface area contributed by atoms with Crippen molar-refractivity contribution >= 4 is 72.2 Å². The highest BCUT2D eigenvalue weighted by molar-refractivity contribution is 7.98. The van der Waals surface area contributed by atoms with Crippen LogP contribution in [0.1, 0.15) is 12.8 Å². The first-order valence-electron chi connectivity index (χ1n) is 10.3. The van der Waals surface area contributed by atoms with Crippen molar-refractivity contribution in [3.8, 4) is 5.75 Å². The molecular formula is C21H24ClN3O4S4. The Balaban J connectivity index is 1.63. The van der Waals surface area contributed by atoms with E-state index in [0.717, 1.165) is 39.6 Å². The monoisotopic (exact) mass is 545 g/mol. The van der Waals surface area contributed by atoms with Gasteiger partial charge >= 0.3 is 0 Å². The number of benzene rings is 1. The zero-order valence-electron chi connectivity index (χ0n) is 18.2. The van der Waals surface area contributed by atoms with E-state index in [2.05, 4.69) is 9.56 Å². The van der Waals surface area contributed by atoms with Crippen LogP contribution in [0.15, 0.2) is 39.5 Å². The minimum absolute atomic E-state index is 0.129. The molecule has 1 atom stereocenters. The van der Waals surface area contributed by atoms with Crippen LogP contribution in [0.3, 0.4) is 0 Å². The van der Waals surface area contributed by atoms with Crippen LogP contribution in [0.5, 0.6) is 5.75 Å². The van der Waals surface area contributed by atoms with Gasteiger partial charge in [0.2, 0.25) is 0 Å². The first-order valence-corrected chi connectivity index (χ1v) is 15.2. The Morgan fingerprint density at radius 3 is 2.82 bits per heavy atom. The van der Waals surface area contributed by atoms with E-state index in [4.69, 9.17) is 16.3 Å². The van der Waals surface area contributed by atoms with Gasteiger partial charge in [0.15, 0.2) is 4.80 Å². The van der Waals surface area contributed by atoms with Crippen molar-refractivity contribution < 1.29 is 17.9 Å². The van der Waals surface area contributed by atoms with E-state index in [1.165, 1.54) is 21.7 Å². The van der Waals surface area contributed by atoms with Gasteiger partial charge in [0.25, 0.3) is 15.9 Å². The lowest BCUT2D eigenvalue weighted by atomic mass is 9.99. The summed E-state index contributed by atoms with van der Waals surface area (Å²) >= 11 is 10.1. The Bertz CT molecular complexity index is 1330. The predicted octanol–water partition coefficient (Wildman–Crippen LogP) is 4.32. The predicted molar refractivity (Wildman–Crippen MR) is 136 cm³/mol. The number of methoxy groups -OCH3 is 1. The summed E-state index contributed by atoms with van der Waals surface area (Å²) in [6.07, 6.45) is 3.27. The molecule has 0 aliphatic carbocycles. The maximum atomic E-state index is 13.2. The number of sulfonamides is 1. The van der Waals surface area contributed by atoms with Crippen LogP contribution in [-0.4, -0.2) is 55.4 Å². The number of thiazole rings is 1. The topological polar surface area (TPSA) is 81.0 Å². The van der Waals surface area contributed by atoms with Gasteiger partial charge in [0.1, 0.15) is 9.96 Å². The molecule has 1 aliphatic heterocycles. The molecule has 12 heteroatoms. The Kier molecular flexibility index (Phi) is 7.87. The third-order valence-electron chi connectivity index (χ3n) is 5.49. The van der Waals surface area contributed by atoms with E-state index in [1.54, 1.807) is 24.9 Å². The number of nitrogens with zero attached hydrogens (tertiary/aromatic N) is 3. The molecule has 1 aliphatic rings. The third kappa shape index (κ3) is 5.33. The Morgan fingerprint density at radius 2 is 2.12 bits per heavy atom. The lowest BCUT2D eigenvalue weighted by molar-refractivity contribution is -0.122. The number of thiophene rings is 1. The van der Waals surface area contributed by atoms with Crippen LogP contribution < -0.4 is 9.54 Å². The second kappa shape index (κ2) is 10.5. The second-order valence-electron chi connectivity index (χ2n) is 7.57. The first-order chi connectivity index (χ1) is 15.8. The van der Waals surface area contributed by atoms with Gasteiger partial charge in [0.05, 0.1) is 27.6 Å². The largest absolute Gasteiger partial charge is 0.497 e. The highest BCUT2D eigenvalue weighted by atomic mass is 35.5. The van der Waals surface area contributed by atoms with E-state index in [9.17, 15) is 13.2 Å². The van der Waals surface area contributed by atoms with Crippen LogP contribution in [0.25, 0.3) is 10.2 Å². The zero-order valence-corrected chi connectivity index (χ0v) is 22.2. The first kappa shape index (κ1) is 24.7. The second-order valence-corrected chi connectivity index (χ2v) is 13.4. The molecule has 0 saturated carbocycles. The van der Waals surface area contributed by atoms with Crippen molar-refractivity contribution in [1.82, 2.24) is 8.87 Å². The number of carbonyl (C=O) groups is 1. The van der Waals surface area contributed by atoms with Gasteiger partial charge in [-0.05, 0) is 49.4 Å². The lowest BCUT2D eigenvalue weighted by Crippen LogP contribution is -2.42. The standard InChI is InChI=1S/C21H24ClN3O4S4/c1-29-15-5-6-16-17(12-15)31-21(25(16)10-11-30-2)23-20(26)14-4-3-9-24(13-14)33(27,28)19-8-7-18(22)32-19/h5-8,12,14H,3-4,9-11,13H2,1-2H3. The van der Waals surface area contributed by atoms with Crippen LogP contribution in [0.4, 0.5) is 0 Å². The molecule has 2 aromatic heterocycles. The summed E-state index contributed by atoms with van der Waals surface area (Å²) in [6, 6.07) is 8.91. The van der Waals surface area contributed by atoms with E-state index >= 15 is 0 Å². The Hall–Kier alpha value is -1.37. The minimum Gasteiger partial charge on any atom is -0.497 e. The number of rotatable bonds is 7. The molecule has 7 nitrogen and oxygen atoms in total. The molecule has 178 valence electrons. The fourth-order valence-electron chi connectivity index (χ4n) is 3.78. The maximum Gasteiger partial charge on any atom is 0.252 e. The van der Waals surface area contributed by atoms with Gasteiger partial charge in [-0.1, -0.05) is 22.9 Å². The number of aryl methyl sites for hydroxylation is 1. The van der Waals surface area contributed by atoms with Gasteiger partial charge in [0, 0.05) is 25.4 Å². The van der Waals surface area contributed by atoms with Crippen molar-refractivity contribution in [2.75, 3.05) is 32.2 Å². The molecule has 0 N–H and O–H groups in total. The molecule has 0 radical (unpaired) electrons. The molecule has 1 fully saturated rings. The summed E-state index contributed by atoms with van der Waals surface area (Å²) in [5.74, 6) is 0.881. The number of halogens is 1. The van der Waals surface area contributed by atoms with E-state index < -0.39 is 15.9 Å². The molecular weight excluding hydrogens is 522 g/mol. The van der Waals surface area contributed by atoms with Crippen molar-refractivity contribution in [2.45, 2.75) is 23.6 Å². The summed E-state index contributed by atoms with van der Waals surface area (Å²) < 4.78 is 36.4. The number of hydrogen-bond donors (Lipinski definition) is 0. The van der Waals surface area contributed by atoms with Crippen molar-refractivity contribution in [1.29, 1.82) is 0 Å². The molecule has 3 aromatic rings. The summed E-state index contributed by atoms with van der Waals surface area (Å²) in [5.41, 5.74) is 1.00. The number of hydrogen-bond acceptors (Lipinski definition) is 7. The van der Waals surface area contributed by atoms with Crippen LogP contribution in [0.2, 0.25) is 4.34 Å². The molecule has 3 heterocycles. The average molecular weight is 546 g/mol. The quantitative estimate of drug-likeness (QED) is 0.442. The fourth-order valence-corrected chi connectivity index (χ4v) is 8.39. The number of ether oxygens (including phenoxy) is 1. The van der Waals surface area contributed by atoms with Crippen molar-refractivity contribution in [3.63, 3.8) is 0 Å². The highest BCUT2D eigenvalue weighted by Gasteiger charge is 2.34. The Labute approximate surface area is 210 Å². The zero-order chi connectivity index (χ0) is 23.6. The number of thioether (sulfide) groups is 1. The average Bonchev–Trinajstić information content (AvgIpc) is 3.40. The SMILES string of the molecule is COc1ccc2c(c1)sc(=NC(=O)C1CCCN(S(=O)(=O)c3ccc(Cl)s3)C1)n2CCSC. The van der Waals surface area contributed by atoms with Crippen LogP contribution in [-0.2, 0) is 21.4 Å². The van der Waals surface area contributed by atoms with E-state index in [1.807, 2.05) is 24.5 Å². The van der Waals surface area contributed by atoms with Gasteiger partial charge in [-0.2, -0.15) is 21.1 Å². The lowest BCUT2D eigenvalue weighted by Gasteiger charge is -2.29. The summed E-state index contributed by atoms with van der Waals surface area (Å²) in [5, 5.41) is 0. The van der Waals surface area contributed by atoms with E-state index in [0.29, 0.717) is 28.5 Å². The number of piperidine rings is 1. The van der Waals surface area contributed by atoms with E-state index in [-0.39, 0.29) is 16.7 Å². The molecule has 4 rings (SSSR count). The molecule has 1 aromatic carbocycles. The summed E-state index contributed by atoms with van der Waals surface area (Å²) in [7, 11) is -2.05. The number of aromatic nitrogens is 1. The molecule has 0 bridgehead atoms. The maximum absolute atomic E-state index is 13.2. The van der Waals surface area contributed by atoms with Crippen molar-refractivity contribution in [3.05, 3.63) is 39.5 Å². The molecule has 1 amide bonds.